The molecule has 0 fully saturated rings. The molecule has 0 saturated carbocycles. The molecule has 0 aliphatic heterocycles. The minimum absolute atomic E-state index is 0.815. The highest BCUT2D eigenvalue weighted by molar-refractivity contribution is 7.98. The lowest BCUT2D eigenvalue weighted by molar-refractivity contribution is 0.677. The number of imidazole rings is 1. The maximum atomic E-state index is 4.34. The van der Waals surface area contributed by atoms with Crippen molar-refractivity contribution in [1.82, 2.24) is 24.3 Å². The summed E-state index contributed by atoms with van der Waals surface area (Å²) in [6.07, 6.45) is 9.19. The van der Waals surface area contributed by atoms with Gasteiger partial charge in [-0.1, -0.05) is 0 Å². The zero-order valence-electron chi connectivity index (χ0n) is 8.61. The lowest BCUT2D eigenvalue weighted by Crippen LogP contribution is -2.05. The van der Waals surface area contributed by atoms with Crippen molar-refractivity contribution in [1.29, 1.82) is 0 Å². The molecule has 0 aromatic carbocycles. The number of rotatable bonds is 2. The SMILES string of the molecule is CSc1ncnc2c1ncn2-n1cccc1. The Labute approximate surface area is 96.1 Å². The summed E-state index contributed by atoms with van der Waals surface area (Å²) in [5, 5.41) is 0.899. The van der Waals surface area contributed by atoms with E-state index in [1.807, 2.05) is 40.1 Å². The molecule has 0 saturated heterocycles. The average molecular weight is 231 g/mol. The Kier molecular flexibility index (Phi) is 2.14. The van der Waals surface area contributed by atoms with Crippen LogP contribution in [0.25, 0.3) is 11.2 Å². The van der Waals surface area contributed by atoms with Crippen LogP contribution in [-0.4, -0.2) is 30.6 Å². The van der Waals surface area contributed by atoms with Gasteiger partial charge in [-0.15, -0.1) is 11.8 Å². The summed E-state index contributed by atoms with van der Waals surface area (Å²) in [4.78, 5) is 12.8. The van der Waals surface area contributed by atoms with Gasteiger partial charge in [0.2, 0.25) is 0 Å². The fraction of sp³-hybridized carbons (Fsp3) is 0.100. The van der Waals surface area contributed by atoms with E-state index in [2.05, 4.69) is 15.0 Å². The number of nitrogens with zero attached hydrogens (tertiary/aromatic N) is 5. The van der Waals surface area contributed by atoms with Crippen molar-refractivity contribution in [3.63, 3.8) is 0 Å². The van der Waals surface area contributed by atoms with E-state index in [4.69, 9.17) is 0 Å². The van der Waals surface area contributed by atoms with Crippen LogP contribution in [0.15, 0.2) is 42.2 Å². The highest BCUT2D eigenvalue weighted by atomic mass is 32.2. The van der Waals surface area contributed by atoms with Crippen LogP contribution < -0.4 is 0 Å². The third-order valence-electron chi connectivity index (χ3n) is 2.31. The first kappa shape index (κ1) is 9.41. The summed E-state index contributed by atoms with van der Waals surface area (Å²) in [6, 6.07) is 3.92. The normalized spacial score (nSPS) is 11.1. The fourth-order valence-electron chi connectivity index (χ4n) is 1.59. The van der Waals surface area contributed by atoms with Gasteiger partial charge in [-0.05, 0) is 18.4 Å². The van der Waals surface area contributed by atoms with Crippen LogP contribution >= 0.6 is 11.8 Å². The van der Waals surface area contributed by atoms with Gasteiger partial charge in [0, 0.05) is 12.4 Å². The Morgan fingerprint density at radius 3 is 2.69 bits per heavy atom. The predicted molar refractivity (Wildman–Crippen MR) is 62.3 cm³/mol. The van der Waals surface area contributed by atoms with Crippen LogP contribution in [0, 0.1) is 0 Å². The lowest BCUT2D eigenvalue weighted by Gasteiger charge is -2.03. The molecule has 0 bridgehead atoms. The summed E-state index contributed by atoms with van der Waals surface area (Å²) in [5.74, 6) is 0. The van der Waals surface area contributed by atoms with E-state index in [9.17, 15) is 0 Å². The molecule has 0 unspecified atom stereocenters. The van der Waals surface area contributed by atoms with Gasteiger partial charge in [0.25, 0.3) is 0 Å². The average Bonchev–Trinajstić information content (AvgIpc) is 2.96. The quantitative estimate of drug-likeness (QED) is 0.497. The molecule has 0 radical (unpaired) electrons. The lowest BCUT2D eigenvalue weighted by atomic mass is 10.6. The predicted octanol–water partition coefficient (Wildman–Crippen LogP) is 1.66. The van der Waals surface area contributed by atoms with Crippen molar-refractivity contribution in [2.24, 2.45) is 0 Å². The number of fused-ring (bicyclic) bond motifs is 1. The molecule has 0 spiro atoms. The van der Waals surface area contributed by atoms with Crippen molar-refractivity contribution in [3.05, 3.63) is 37.2 Å². The maximum Gasteiger partial charge on any atom is 0.183 e. The maximum absolute atomic E-state index is 4.34. The van der Waals surface area contributed by atoms with E-state index >= 15 is 0 Å². The molecule has 80 valence electrons. The number of hydrogen-bond donors (Lipinski definition) is 0. The van der Waals surface area contributed by atoms with Crippen LogP contribution in [0.5, 0.6) is 0 Å². The van der Waals surface area contributed by atoms with E-state index in [0.29, 0.717) is 0 Å². The van der Waals surface area contributed by atoms with Gasteiger partial charge in [-0.25, -0.2) is 19.6 Å². The third kappa shape index (κ3) is 1.30. The van der Waals surface area contributed by atoms with Gasteiger partial charge in [-0.3, -0.25) is 4.68 Å². The largest absolute Gasteiger partial charge is 0.261 e. The molecular weight excluding hydrogens is 222 g/mol. The Morgan fingerprint density at radius 1 is 1.12 bits per heavy atom. The molecule has 0 N–H and O–H groups in total. The molecule has 5 nitrogen and oxygen atoms in total. The highest BCUT2D eigenvalue weighted by Crippen LogP contribution is 2.20. The zero-order valence-corrected chi connectivity index (χ0v) is 9.42. The third-order valence-corrected chi connectivity index (χ3v) is 3.00. The second kappa shape index (κ2) is 3.64. The van der Waals surface area contributed by atoms with E-state index in [-0.39, 0.29) is 0 Å². The van der Waals surface area contributed by atoms with E-state index in [0.717, 1.165) is 16.2 Å². The van der Waals surface area contributed by atoms with Gasteiger partial charge in [0.05, 0.1) is 0 Å². The Hall–Kier alpha value is -1.82. The van der Waals surface area contributed by atoms with E-state index in [1.165, 1.54) is 0 Å². The van der Waals surface area contributed by atoms with Gasteiger partial charge in [0.1, 0.15) is 23.2 Å². The molecule has 3 heterocycles. The molecule has 0 amide bonds. The molecule has 6 heteroatoms. The number of thioether (sulfide) groups is 1. The molecule has 3 rings (SSSR count). The second-order valence-corrected chi connectivity index (χ2v) is 4.00. The van der Waals surface area contributed by atoms with Gasteiger partial charge in [0.15, 0.2) is 5.65 Å². The van der Waals surface area contributed by atoms with Crippen molar-refractivity contribution < 1.29 is 0 Å². The van der Waals surface area contributed by atoms with Crippen molar-refractivity contribution >= 4 is 22.9 Å². The van der Waals surface area contributed by atoms with E-state index in [1.54, 1.807) is 24.4 Å². The monoisotopic (exact) mass is 231 g/mol. The first-order valence-electron chi connectivity index (χ1n) is 4.76. The van der Waals surface area contributed by atoms with Crippen molar-refractivity contribution in [2.75, 3.05) is 6.26 Å². The van der Waals surface area contributed by atoms with Gasteiger partial charge >= 0.3 is 0 Å². The molecule has 0 atom stereocenters. The van der Waals surface area contributed by atoms with Crippen LogP contribution in [-0.2, 0) is 0 Å². The van der Waals surface area contributed by atoms with Gasteiger partial charge < -0.3 is 0 Å². The molecule has 0 aliphatic carbocycles. The Balaban J connectivity index is 2.29. The minimum atomic E-state index is 0.815. The molecular formula is C10H9N5S. The molecule has 3 aromatic heterocycles. The first-order valence-corrected chi connectivity index (χ1v) is 5.98. The highest BCUT2D eigenvalue weighted by Gasteiger charge is 2.09. The second-order valence-electron chi connectivity index (χ2n) is 3.21. The number of hydrogen-bond acceptors (Lipinski definition) is 4. The molecule has 3 aromatic rings. The van der Waals surface area contributed by atoms with Crippen molar-refractivity contribution in [3.8, 4) is 0 Å². The Bertz CT molecular complexity index is 613. The molecule has 16 heavy (non-hydrogen) atoms. The minimum Gasteiger partial charge on any atom is -0.261 e. The summed E-state index contributed by atoms with van der Waals surface area (Å²) < 4.78 is 3.81. The summed E-state index contributed by atoms with van der Waals surface area (Å²) in [7, 11) is 0. The van der Waals surface area contributed by atoms with Crippen molar-refractivity contribution in [2.45, 2.75) is 5.03 Å². The zero-order chi connectivity index (χ0) is 11.0. The fourth-order valence-corrected chi connectivity index (χ4v) is 2.08. The van der Waals surface area contributed by atoms with Crippen LogP contribution in [0.3, 0.4) is 0 Å². The Morgan fingerprint density at radius 2 is 1.94 bits per heavy atom. The van der Waals surface area contributed by atoms with Crippen LogP contribution in [0.1, 0.15) is 0 Å². The topological polar surface area (TPSA) is 48.5 Å². The van der Waals surface area contributed by atoms with Crippen LogP contribution in [0.2, 0.25) is 0 Å². The number of aromatic nitrogens is 5. The first-order chi connectivity index (χ1) is 7.90. The smallest absolute Gasteiger partial charge is 0.183 e. The summed E-state index contributed by atoms with van der Waals surface area (Å²) in [6.45, 7) is 0. The standard InChI is InChI=1S/C10H9N5S/c1-16-10-8-9(11-6-12-10)15(7-13-8)14-4-2-3-5-14/h2-7H,1H3. The van der Waals surface area contributed by atoms with Crippen LogP contribution in [0.4, 0.5) is 0 Å². The van der Waals surface area contributed by atoms with Gasteiger partial charge in [-0.2, -0.15) is 0 Å². The summed E-state index contributed by atoms with van der Waals surface area (Å²) >= 11 is 1.57. The molecule has 0 aliphatic rings. The van der Waals surface area contributed by atoms with E-state index < -0.39 is 0 Å². The summed E-state index contributed by atoms with van der Waals surface area (Å²) in [5.41, 5.74) is 1.65.